The number of carbonyl (C=O) groups excluding carboxylic acids is 2. The maximum atomic E-state index is 13.4. The molecular weight excluding hydrogens is 377 g/mol. The second-order valence-corrected chi connectivity index (χ2v) is 6.35. The summed E-state index contributed by atoms with van der Waals surface area (Å²) in [4.78, 5) is 25.6. The van der Waals surface area contributed by atoms with E-state index in [9.17, 15) is 14.0 Å². The van der Waals surface area contributed by atoms with Crippen molar-refractivity contribution in [3.8, 4) is 0 Å². The fourth-order valence-electron chi connectivity index (χ4n) is 2.50. The maximum absolute atomic E-state index is 13.4. The lowest BCUT2D eigenvalue weighted by Crippen LogP contribution is -2.47. The second-order valence-electron chi connectivity index (χ2n) is 5.43. The van der Waals surface area contributed by atoms with Crippen molar-refractivity contribution in [3.05, 3.63) is 58.3 Å². The first-order chi connectivity index (χ1) is 11.5. The number of nitrogens with one attached hydrogen (secondary N) is 2. The minimum Gasteiger partial charge on any atom is -0.360 e. The van der Waals surface area contributed by atoms with Gasteiger partial charge in [0, 0.05) is 34.5 Å². The Labute approximate surface area is 147 Å². The van der Waals surface area contributed by atoms with Gasteiger partial charge in [0.25, 0.3) is 5.91 Å². The van der Waals surface area contributed by atoms with Gasteiger partial charge < -0.3 is 15.5 Å². The first kappa shape index (κ1) is 16.4. The lowest BCUT2D eigenvalue weighted by Gasteiger charge is -2.28. The number of benzene rings is 2. The summed E-state index contributed by atoms with van der Waals surface area (Å²) < 4.78 is 13.9. The molecule has 2 amide bonds. The molecule has 0 aromatic heterocycles. The molecule has 0 atom stereocenters. The number of carbonyl (C=O) groups is 2. The summed E-state index contributed by atoms with van der Waals surface area (Å²) in [5.41, 5.74) is 1.75. The lowest BCUT2D eigenvalue weighted by molar-refractivity contribution is -0.120. The largest absolute Gasteiger partial charge is 0.360 e. The standard InChI is InChI=1S/C17H15BrFN3O2/c18-12-7-11(8-13(19)9-12)17(24)21-14-1-3-15(4-2-14)22-6-5-20-16(23)10-22/h1-4,7-9H,5-6,10H2,(H,20,23)(H,21,24). The lowest BCUT2D eigenvalue weighted by atomic mass is 10.2. The normalized spacial score (nSPS) is 14.2. The van der Waals surface area contributed by atoms with E-state index in [1.165, 1.54) is 12.1 Å². The van der Waals surface area contributed by atoms with Crippen LogP contribution in [0.15, 0.2) is 46.9 Å². The van der Waals surface area contributed by atoms with Crippen molar-refractivity contribution < 1.29 is 14.0 Å². The predicted molar refractivity (Wildman–Crippen MR) is 93.7 cm³/mol. The summed E-state index contributed by atoms with van der Waals surface area (Å²) in [6, 6.07) is 11.2. The van der Waals surface area contributed by atoms with Crippen LogP contribution in [-0.2, 0) is 4.79 Å². The van der Waals surface area contributed by atoms with Crippen molar-refractivity contribution in [1.29, 1.82) is 0 Å². The molecule has 1 fully saturated rings. The topological polar surface area (TPSA) is 61.4 Å². The molecule has 1 heterocycles. The number of anilines is 2. The van der Waals surface area contributed by atoms with Gasteiger partial charge >= 0.3 is 0 Å². The number of hydrogen-bond acceptors (Lipinski definition) is 3. The van der Waals surface area contributed by atoms with E-state index in [4.69, 9.17) is 0 Å². The number of halogens is 2. The molecule has 0 spiro atoms. The number of rotatable bonds is 3. The van der Waals surface area contributed by atoms with Gasteiger partial charge in [-0.3, -0.25) is 9.59 Å². The van der Waals surface area contributed by atoms with Gasteiger partial charge in [-0.05, 0) is 42.5 Å². The Hall–Kier alpha value is -2.41. The molecule has 7 heteroatoms. The van der Waals surface area contributed by atoms with Crippen molar-refractivity contribution in [2.75, 3.05) is 29.9 Å². The maximum Gasteiger partial charge on any atom is 0.255 e. The third-order valence-electron chi connectivity index (χ3n) is 3.65. The van der Waals surface area contributed by atoms with Crippen molar-refractivity contribution >= 4 is 39.1 Å². The monoisotopic (exact) mass is 391 g/mol. The van der Waals surface area contributed by atoms with Crippen LogP contribution in [-0.4, -0.2) is 31.4 Å². The number of piperazine rings is 1. The van der Waals surface area contributed by atoms with E-state index in [0.717, 1.165) is 12.2 Å². The molecule has 0 saturated carbocycles. The Balaban J connectivity index is 1.69. The molecule has 1 aliphatic heterocycles. The van der Waals surface area contributed by atoms with E-state index in [-0.39, 0.29) is 17.4 Å². The molecule has 2 aromatic rings. The van der Waals surface area contributed by atoms with E-state index in [1.807, 2.05) is 17.0 Å². The van der Waals surface area contributed by atoms with Gasteiger partial charge in [-0.1, -0.05) is 15.9 Å². The van der Waals surface area contributed by atoms with E-state index in [2.05, 4.69) is 26.6 Å². The van der Waals surface area contributed by atoms with Crippen molar-refractivity contribution in [2.24, 2.45) is 0 Å². The van der Waals surface area contributed by atoms with Crippen LogP contribution in [0.4, 0.5) is 15.8 Å². The van der Waals surface area contributed by atoms with E-state index in [1.54, 1.807) is 18.2 Å². The molecule has 0 bridgehead atoms. The van der Waals surface area contributed by atoms with Crippen LogP contribution in [0.5, 0.6) is 0 Å². The summed E-state index contributed by atoms with van der Waals surface area (Å²) in [5, 5.41) is 5.50. The van der Waals surface area contributed by atoms with Gasteiger partial charge in [0.2, 0.25) is 5.91 Å². The van der Waals surface area contributed by atoms with Crippen LogP contribution in [0.3, 0.4) is 0 Å². The van der Waals surface area contributed by atoms with E-state index < -0.39 is 5.82 Å². The van der Waals surface area contributed by atoms with Gasteiger partial charge in [-0.2, -0.15) is 0 Å². The third kappa shape index (κ3) is 3.91. The smallest absolute Gasteiger partial charge is 0.255 e. The molecule has 124 valence electrons. The van der Waals surface area contributed by atoms with Crippen molar-refractivity contribution in [1.82, 2.24) is 5.32 Å². The zero-order valence-electron chi connectivity index (χ0n) is 12.7. The first-order valence-corrected chi connectivity index (χ1v) is 8.20. The molecule has 24 heavy (non-hydrogen) atoms. The summed E-state index contributed by atoms with van der Waals surface area (Å²) in [7, 11) is 0. The zero-order valence-corrected chi connectivity index (χ0v) is 14.3. The van der Waals surface area contributed by atoms with E-state index >= 15 is 0 Å². The average molecular weight is 392 g/mol. The highest BCUT2D eigenvalue weighted by Gasteiger charge is 2.16. The SMILES string of the molecule is O=C1CN(c2ccc(NC(=O)c3cc(F)cc(Br)c3)cc2)CCN1. The Morgan fingerprint density at radius 2 is 1.96 bits per heavy atom. The van der Waals surface area contributed by atoms with Crippen LogP contribution >= 0.6 is 15.9 Å². The predicted octanol–water partition coefficient (Wildman–Crippen LogP) is 2.78. The van der Waals surface area contributed by atoms with Crippen LogP contribution < -0.4 is 15.5 Å². The zero-order chi connectivity index (χ0) is 17.1. The second kappa shape index (κ2) is 7.00. The molecule has 5 nitrogen and oxygen atoms in total. The van der Waals surface area contributed by atoms with Gasteiger partial charge in [0.15, 0.2) is 0 Å². The van der Waals surface area contributed by atoms with Gasteiger partial charge in [-0.15, -0.1) is 0 Å². The highest BCUT2D eigenvalue weighted by Crippen LogP contribution is 2.20. The molecule has 0 radical (unpaired) electrons. The van der Waals surface area contributed by atoms with Crippen LogP contribution in [0.1, 0.15) is 10.4 Å². The summed E-state index contributed by atoms with van der Waals surface area (Å²) >= 11 is 3.17. The molecule has 0 unspecified atom stereocenters. The van der Waals surface area contributed by atoms with Crippen molar-refractivity contribution in [3.63, 3.8) is 0 Å². The third-order valence-corrected chi connectivity index (χ3v) is 4.11. The molecule has 2 aromatic carbocycles. The fourth-order valence-corrected chi connectivity index (χ4v) is 2.97. The Kier molecular flexibility index (Phi) is 4.80. The molecule has 1 aliphatic rings. The number of hydrogen-bond donors (Lipinski definition) is 2. The minimum absolute atomic E-state index is 0.00434. The summed E-state index contributed by atoms with van der Waals surface area (Å²) in [5.74, 6) is -0.871. The first-order valence-electron chi connectivity index (χ1n) is 7.40. The van der Waals surface area contributed by atoms with Crippen LogP contribution in [0.25, 0.3) is 0 Å². The van der Waals surface area contributed by atoms with Crippen LogP contribution in [0, 0.1) is 5.82 Å². The Bertz CT molecular complexity index is 760. The Morgan fingerprint density at radius 1 is 1.21 bits per heavy atom. The summed E-state index contributed by atoms with van der Waals surface area (Å²) in [6.45, 7) is 1.68. The summed E-state index contributed by atoms with van der Waals surface area (Å²) in [6.07, 6.45) is 0. The molecule has 1 saturated heterocycles. The van der Waals surface area contributed by atoms with Crippen LogP contribution in [0.2, 0.25) is 0 Å². The molecule has 0 aliphatic carbocycles. The fraction of sp³-hybridized carbons (Fsp3) is 0.176. The number of amides is 2. The molecule has 3 rings (SSSR count). The van der Waals surface area contributed by atoms with Crippen molar-refractivity contribution in [2.45, 2.75) is 0 Å². The highest BCUT2D eigenvalue weighted by molar-refractivity contribution is 9.10. The average Bonchev–Trinajstić information content (AvgIpc) is 2.54. The molecular formula is C17H15BrFN3O2. The van der Waals surface area contributed by atoms with Gasteiger partial charge in [-0.25, -0.2) is 4.39 Å². The van der Waals surface area contributed by atoms with E-state index in [0.29, 0.717) is 23.2 Å². The highest BCUT2D eigenvalue weighted by atomic mass is 79.9. The molecule has 2 N–H and O–H groups in total. The number of nitrogens with zero attached hydrogens (tertiary/aromatic N) is 1. The van der Waals surface area contributed by atoms with Gasteiger partial charge in [0.1, 0.15) is 5.82 Å². The quantitative estimate of drug-likeness (QED) is 0.845. The minimum atomic E-state index is -0.478. The Morgan fingerprint density at radius 3 is 2.62 bits per heavy atom. The van der Waals surface area contributed by atoms with Gasteiger partial charge in [0.05, 0.1) is 6.54 Å².